The molecule has 1 aliphatic rings. The van der Waals surface area contributed by atoms with Crippen molar-refractivity contribution in [2.24, 2.45) is 0 Å². The lowest BCUT2D eigenvalue weighted by Gasteiger charge is -2.50. The number of halogens is 1. The summed E-state index contributed by atoms with van der Waals surface area (Å²) < 4.78 is 0. The van der Waals surface area contributed by atoms with Gasteiger partial charge in [-0.25, -0.2) is 9.78 Å². The molecule has 5 nitrogen and oxygen atoms in total. The van der Waals surface area contributed by atoms with Gasteiger partial charge in [0, 0.05) is 5.54 Å². The molecule has 0 unspecified atom stereocenters. The van der Waals surface area contributed by atoms with Crippen molar-refractivity contribution < 1.29 is 9.90 Å². The third-order valence-electron chi connectivity index (χ3n) is 4.42. The number of carboxylic acid groups (broad SMARTS) is 1. The monoisotopic (exact) mass is 335 g/mol. The van der Waals surface area contributed by atoms with Crippen LogP contribution in [0.25, 0.3) is 0 Å². The van der Waals surface area contributed by atoms with Crippen LogP contribution < -0.4 is 0 Å². The Morgan fingerprint density at radius 3 is 2.39 bits per heavy atom. The molecule has 1 saturated carbocycles. The van der Waals surface area contributed by atoms with Crippen LogP contribution in [0.3, 0.4) is 0 Å². The van der Waals surface area contributed by atoms with Gasteiger partial charge in [0.15, 0.2) is 0 Å². The van der Waals surface area contributed by atoms with Gasteiger partial charge < -0.3 is 5.11 Å². The molecule has 124 valence electrons. The summed E-state index contributed by atoms with van der Waals surface area (Å²) in [5.74, 6) is 0. The topological polar surface area (TPSA) is 77.2 Å². The summed E-state index contributed by atoms with van der Waals surface area (Å²) in [5, 5.41) is 19.0. The van der Waals surface area contributed by atoms with Crippen LogP contribution in [0.4, 0.5) is 4.79 Å². The molecule has 0 spiro atoms. The first-order valence-electron chi connectivity index (χ1n) is 7.83. The molecule has 0 radical (unpaired) electrons. The highest BCUT2D eigenvalue weighted by Crippen LogP contribution is 2.45. The summed E-state index contributed by atoms with van der Waals surface area (Å²) >= 11 is 6.11. The zero-order valence-corrected chi connectivity index (χ0v) is 14.5. The fourth-order valence-corrected chi connectivity index (χ4v) is 3.82. The number of rotatable bonds is 2. The minimum Gasteiger partial charge on any atom is -0.465 e. The van der Waals surface area contributed by atoms with Gasteiger partial charge in [-0.1, -0.05) is 30.9 Å². The predicted octanol–water partition coefficient (Wildman–Crippen LogP) is 4.54. The number of amides is 1. The second kappa shape index (κ2) is 6.37. The maximum Gasteiger partial charge on any atom is 0.408 e. The zero-order valence-electron chi connectivity index (χ0n) is 13.8. The van der Waals surface area contributed by atoms with E-state index in [4.69, 9.17) is 16.9 Å². The molecular formula is C17H22ClN3O2. The van der Waals surface area contributed by atoms with Crippen LogP contribution >= 0.6 is 11.6 Å². The number of hydrogen-bond acceptors (Lipinski definition) is 3. The van der Waals surface area contributed by atoms with Gasteiger partial charge >= 0.3 is 6.09 Å². The number of carbonyl (C=O) groups is 1. The maximum absolute atomic E-state index is 12.0. The summed E-state index contributed by atoms with van der Waals surface area (Å²) in [6.45, 7) is 5.67. The fourth-order valence-electron chi connectivity index (χ4n) is 3.62. The molecule has 0 atom stereocenters. The van der Waals surface area contributed by atoms with Crippen molar-refractivity contribution in [2.75, 3.05) is 0 Å². The average Bonchev–Trinajstić information content (AvgIpc) is 2.46. The summed E-state index contributed by atoms with van der Waals surface area (Å²) in [6, 6.07) is 5.37. The molecule has 6 heteroatoms. The van der Waals surface area contributed by atoms with E-state index in [1.165, 1.54) is 4.90 Å². The number of hydrogen-bond donors (Lipinski definition) is 1. The van der Waals surface area contributed by atoms with Crippen molar-refractivity contribution >= 4 is 17.7 Å². The molecule has 0 aliphatic heterocycles. The van der Waals surface area contributed by atoms with Crippen LogP contribution in [0, 0.1) is 11.3 Å². The highest BCUT2D eigenvalue weighted by Gasteiger charge is 2.48. The first-order valence-corrected chi connectivity index (χ1v) is 8.20. The molecule has 0 saturated heterocycles. The molecule has 2 rings (SSSR count). The second-order valence-electron chi connectivity index (χ2n) is 7.03. The van der Waals surface area contributed by atoms with Gasteiger partial charge in [-0.15, -0.1) is 0 Å². The first-order chi connectivity index (χ1) is 10.7. The number of aromatic nitrogens is 1. The zero-order chi connectivity index (χ0) is 17.3. The van der Waals surface area contributed by atoms with Gasteiger partial charge in [0.1, 0.15) is 11.2 Å². The van der Waals surface area contributed by atoms with Crippen LogP contribution in [-0.2, 0) is 5.54 Å². The Labute approximate surface area is 141 Å². The van der Waals surface area contributed by atoms with Crippen molar-refractivity contribution in [3.05, 3.63) is 28.5 Å². The molecule has 1 N–H and O–H groups in total. The lowest BCUT2D eigenvalue weighted by molar-refractivity contribution is -0.0110. The van der Waals surface area contributed by atoms with Gasteiger partial charge in [0.2, 0.25) is 0 Å². The fraction of sp³-hybridized carbons (Fsp3) is 0.588. The maximum atomic E-state index is 12.0. The van der Waals surface area contributed by atoms with Crippen LogP contribution in [0.1, 0.15) is 64.1 Å². The summed E-state index contributed by atoms with van der Waals surface area (Å²) in [6.07, 6.45) is 3.45. The van der Waals surface area contributed by atoms with Gasteiger partial charge in [0.05, 0.1) is 16.8 Å². The molecule has 0 aromatic carbocycles. The second-order valence-corrected chi connectivity index (χ2v) is 7.39. The van der Waals surface area contributed by atoms with E-state index < -0.39 is 17.2 Å². The Kier molecular flexibility index (Phi) is 4.86. The highest BCUT2D eigenvalue weighted by molar-refractivity contribution is 6.30. The summed E-state index contributed by atoms with van der Waals surface area (Å²) in [4.78, 5) is 18.0. The molecule has 1 aromatic heterocycles. The van der Waals surface area contributed by atoms with Crippen LogP contribution in [0.2, 0.25) is 5.15 Å². The minimum absolute atomic E-state index is 0.134. The van der Waals surface area contributed by atoms with Crippen molar-refractivity contribution in [3.63, 3.8) is 0 Å². The summed E-state index contributed by atoms with van der Waals surface area (Å²) in [7, 11) is 0. The Morgan fingerprint density at radius 2 is 1.96 bits per heavy atom. The van der Waals surface area contributed by atoms with Crippen molar-refractivity contribution in [3.8, 4) is 6.07 Å². The Balaban J connectivity index is 2.62. The van der Waals surface area contributed by atoms with Crippen LogP contribution in [0.5, 0.6) is 0 Å². The van der Waals surface area contributed by atoms with Crippen molar-refractivity contribution in [1.82, 2.24) is 9.88 Å². The summed E-state index contributed by atoms with van der Waals surface area (Å²) in [5.41, 5.74) is -0.317. The quantitative estimate of drug-likeness (QED) is 0.804. The molecule has 1 fully saturated rings. The van der Waals surface area contributed by atoms with Gasteiger partial charge in [-0.2, -0.15) is 5.26 Å². The Bertz CT molecular complexity index is 640. The smallest absolute Gasteiger partial charge is 0.408 e. The Hall–Kier alpha value is -1.80. The lowest BCUT2D eigenvalue weighted by Crippen LogP contribution is -2.58. The lowest BCUT2D eigenvalue weighted by atomic mass is 9.75. The third-order valence-corrected chi connectivity index (χ3v) is 4.70. The SMILES string of the molecule is CC(C)(C)N(C(=O)O)C1(c2ccc(C#N)c(Cl)n2)CCCCC1. The van der Waals surface area contributed by atoms with Crippen LogP contribution in [-0.4, -0.2) is 26.6 Å². The molecule has 1 aromatic rings. The predicted molar refractivity (Wildman–Crippen MR) is 88.3 cm³/mol. The first kappa shape index (κ1) is 17.6. The van der Waals surface area contributed by atoms with Gasteiger partial charge in [-0.3, -0.25) is 4.90 Å². The van der Waals surface area contributed by atoms with E-state index in [1.807, 2.05) is 26.8 Å². The van der Waals surface area contributed by atoms with Crippen molar-refractivity contribution in [2.45, 2.75) is 64.0 Å². The van der Waals surface area contributed by atoms with E-state index in [0.29, 0.717) is 24.1 Å². The molecule has 1 heterocycles. The molecule has 1 amide bonds. The van der Waals surface area contributed by atoms with E-state index in [1.54, 1.807) is 12.1 Å². The number of nitriles is 1. The van der Waals surface area contributed by atoms with Gasteiger partial charge in [0.25, 0.3) is 0 Å². The van der Waals surface area contributed by atoms with E-state index in [0.717, 1.165) is 19.3 Å². The molecule has 0 bridgehead atoms. The van der Waals surface area contributed by atoms with Crippen molar-refractivity contribution in [1.29, 1.82) is 5.26 Å². The number of nitrogens with zero attached hydrogens (tertiary/aromatic N) is 3. The molecule has 1 aliphatic carbocycles. The van der Waals surface area contributed by atoms with E-state index in [9.17, 15) is 9.90 Å². The van der Waals surface area contributed by atoms with Crippen LogP contribution in [0.15, 0.2) is 12.1 Å². The highest BCUT2D eigenvalue weighted by atomic mass is 35.5. The normalized spacial score (nSPS) is 17.3. The average molecular weight is 336 g/mol. The molecule has 23 heavy (non-hydrogen) atoms. The molecular weight excluding hydrogens is 314 g/mol. The van der Waals surface area contributed by atoms with E-state index in [2.05, 4.69) is 4.98 Å². The third kappa shape index (κ3) is 3.28. The largest absolute Gasteiger partial charge is 0.465 e. The van der Waals surface area contributed by atoms with E-state index >= 15 is 0 Å². The Morgan fingerprint density at radius 1 is 1.35 bits per heavy atom. The van der Waals surface area contributed by atoms with Gasteiger partial charge in [-0.05, 0) is 45.7 Å². The minimum atomic E-state index is -0.957. The van der Waals surface area contributed by atoms with E-state index in [-0.39, 0.29) is 5.15 Å². The standard InChI is InChI=1S/C17H22ClN3O2/c1-16(2,3)21(15(22)23)17(9-5-4-6-10-17)13-8-7-12(11-19)14(18)20-13/h7-8H,4-6,9-10H2,1-3H3,(H,22,23). The number of pyridine rings is 1.